The van der Waals surface area contributed by atoms with Gasteiger partial charge in [-0.15, -0.1) is 12.4 Å². The number of nitrogens with one attached hydrogen (secondary N) is 1. The van der Waals surface area contributed by atoms with Crippen molar-refractivity contribution in [3.63, 3.8) is 0 Å². The number of nitrogens with two attached hydrogens (primary N) is 1. The molecule has 0 radical (unpaired) electrons. The molecular weight excluding hydrogens is 269 g/mol. The normalized spacial score (nSPS) is 10.7. The van der Waals surface area contributed by atoms with Crippen LogP contribution < -0.4 is 11.1 Å². The smallest absolute Gasteiger partial charge is 0.277 e. The lowest BCUT2D eigenvalue weighted by Gasteiger charge is -2.15. The van der Waals surface area contributed by atoms with Gasteiger partial charge < -0.3 is 11.1 Å². The van der Waals surface area contributed by atoms with Gasteiger partial charge in [0, 0.05) is 5.56 Å². The third-order valence-electron chi connectivity index (χ3n) is 2.25. The zero-order valence-corrected chi connectivity index (χ0v) is 10.5. The molecule has 0 unspecified atom stereocenters. The summed E-state index contributed by atoms with van der Waals surface area (Å²) < 4.78 is 38.5. The Labute approximate surface area is 109 Å². The largest absolute Gasteiger partial charge is 0.346 e. The molecule has 3 N–H and O–H groups in total. The molecule has 0 saturated heterocycles. The van der Waals surface area contributed by atoms with Crippen LogP contribution in [0, 0.1) is 12.7 Å². The van der Waals surface area contributed by atoms with Gasteiger partial charge in [0.25, 0.3) is 11.8 Å². The molecule has 1 aromatic carbocycles. The monoisotopic (exact) mass is 282 g/mol. The summed E-state index contributed by atoms with van der Waals surface area (Å²) in [5.41, 5.74) is 5.38. The number of hydrogen-bond donors (Lipinski definition) is 2. The van der Waals surface area contributed by atoms with Crippen molar-refractivity contribution in [2.24, 2.45) is 5.73 Å². The topological polar surface area (TPSA) is 55.1 Å². The molecule has 0 saturated carbocycles. The van der Waals surface area contributed by atoms with Crippen LogP contribution in [0.2, 0.25) is 0 Å². The van der Waals surface area contributed by atoms with Crippen LogP contribution in [0.4, 0.5) is 13.2 Å². The first kappa shape index (κ1) is 16.7. The molecule has 1 aromatic rings. The van der Waals surface area contributed by atoms with Gasteiger partial charge in [0.1, 0.15) is 5.82 Å². The van der Waals surface area contributed by atoms with E-state index in [1.807, 2.05) is 5.32 Å². The second-order valence-electron chi connectivity index (χ2n) is 3.70. The molecule has 1 amide bonds. The highest BCUT2D eigenvalue weighted by Gasteiger charge is 2.27. The summed E-state index contributed by atoms with van der Waals surface area (Å²) in [5.74, 6) is -4.49. The first-order chi connectivity index (χ1) is 7.85. The Bertz CT molecular complexity index is 427. The minimum atomic E-state index is -3.16. The van der Waals surface area contributed by atoms with Crippen molar-refractivity contribution < 1.29 is 18.0 Å². The van der Waals surface area contributed by atoms with Crippen molar-refractivity contribution in [2.75, 3.05) is 13.1 Å². The predicted molar refractivity (Wildman–Crippen MR) is 64.7 cm³/mol. The van der Waals surface area contributed by atoms with Crippen molar-refractivity contribution in [1.29, 1.82) is 0 Å². The fraction of sp³-hybridized carbons (Fsp3) is 0.364. The first-order valence-corrected chi connectivity index (χ1v) is 4.98. The number of hydrogen-bond acceptors (Lipinski definition) is 2. The number of aryl methyl sites for hydroxylation is 1. The van der Waals surface area contributed by atoms with Crippen molar-refractivity contribution in [3.05, 3.63) is 35.1 Å². The molecule has 0 aliphatic carbocycles. The van der Waals surface area contributed by atoms with Crippen molar-refractivity contribution >= 4 is 18.3 Å². The van der Waals surface area contributed by atoms with Gasteiger partial charge in [0.2, 0.25) is 0 Å². The zero-order valence-electron chi connectivity index (χ0n) is 9.67. The molecule has 0 fully saturated rings. The Balaban J connectivity index is 0.00000289. The number of benzene rings is 1. The van der Waals surface area contributed by atoms with E-state index in [1.54, 1.807) is 6.92 Å². The highest BCUT2D eigenvalue weighted by atomic mass is 35.5. The number of amides is 1. The molecule has 0 aliphatic heterocycles. The van der Waals surface area contributed by atoms with Crippen molar-refractivity contribution in [2.45, 2.75) is 12.8 Å². The standard InChI is InChI=1S/C11H13F3N2O.ClH/c1-7-2-3-8(12)4-9(7)10(17)16-6-11(13,14)5-15;/h2-4H,5-6,15H2,1H3,(H,16,17);1H. The molecule has 102 valence electrons. The van der Waals surface area contributed by atoms with Crippen LogP contribution >= 0.6 is 12.4 Å². The van der Waals surface area contributed by atoms with Gasteiger partial charge in [0.05, 0.1) is 13.1 Å². The van der Waals surface area contributed by atoms with Gasteiger partial charge in [-0.2, -0.15) is 0 Å². The Kier molecular flexibility index (Phi) is 6.14. The maximum absolute atomic E-state index is 12.9. The van der Waals surface area contributed by atoms with Crippen LogP contribution in [0.5, 0.6) is 0 Å². The Morgan fingerprint density at radius 2 is 2.06 bits per heavy atom. The molecule has 1 rings (SSSR count). The highest BCUT2D eigenvalue weighted by molar-refractivity contribution is 5.95. The molecule has 18 heavy (non-hydrogen) atoms. The minimum Gasteiger partial charge on any atom is -0.346 e. The fourth-order valence-electron chi connectivity index (χ4n) is 1.22. The molecule has 0 aliphatic rings. The first-order valence-electron chi connectivity index (χ1n) is 4.98. The average Bonchev–Trinajstić information content (AvgIpc) is 2.29. The SMILES string of the molecule is Cc1ccc(F)cc1C(=O)NCC(F)(F)CN.Cl. The maximum Gasteiger partial charge on any atom is 0.277 e. The second-order valence-corrected chi connectivity index (χ2v) is 3.70. The summed E-state index contributed by atoms with van der Waals surface area (Å²) in [6, 6.07) is 3.61. The number of carbonyl (C=O) groups excluding carboxylic acids is 1. The summed E-state index contributed by atoms with van der Waals surface area (Å²) in [4.78, 5) is 11.5. The molecular formula is C11H14ClF3N2O. The molecule has 7 heteroatoms. The lowest BCUT2D eigenvalue weighted by atomic mass is 10.1. The molecule has 0 atom stereocenters. The van der Waals surface area contributed by atoms with Crippen molar-refractivity contribution in [1.82, 2.24) is 5.32 Å². The van der Waals surface area contributed by atoms with Gasteiger partial charge in [-0.3, -0.25) is 4.79 Å². The lowest BCUT2D eigenvalue weighted by molar-refractivity contribution is 0.0118. The molecule has 0 bridgehead atoms. The van der Waals surface area contributed by atoms with Crippen LogP contribution in [-0.4, -0.2) is 24.9 Å². The highest BCUT2D eigenvalue weighted by Crippen LogP contribution is 2.12. The number of alkyl halides is 2. The number of halogens is 4. The maximum atomic E-state index is 12.9. The third kappa shape index (κ3) is 4.54. The Hall–Kier alpha value is -1.27. The summed E-state index contributed by atoms with van der Waals surface area (Å²) in [5, 5.41) is 2.02. The fourth-order valence-corrected chi connectivity index (χ4v) is 1.22. The molecule has 0 aromatic heterocycles. The summed E-state index contributed by atoms with van der Waals surface area (Å²) in [7, 11) is 0. The third-order valence-corrected chi connectivity index (χ3v) is 2.25. The molecule has 3 nitrogen and oxygen atoms in total. The lowest BCUT2D eigenvalue weighted by Crippen LogP contribution is -2.41. The number of rotatable bonds is 4. The minimum absolute atomic E-state index is 0. The van der Waals surface area contributed by atoms with Crippen LogP contribution in [-0.2, 0) is 0 Å². The molecule has 0 spiro atoms. The Morgan fingerprint density at radius 1 is 1.44 bits per heavy atom. The van der Waals surface area contributed by atoms with Crippen LogP contribution in [0.25, 0.3) is 0 Å². The van der Waals surface area contributed by atoms with Gasteiger partial charge in [-0.1, -0.05) is 6.07 Å². The van der Waals surface area contributed by atoms with Crippen LogP contribution in [0.3, 0.4) is 0 Å². The Morgan fingerprint density at radius 3 is 2.61 bits per heavy atom. The summed E-state index contributed by atoms with van der Waals surface area (Å²) in [6.07, 6.45) is 0. The van der Waals surface area contributed by atoms with E-state index in [-0.39, 0.29) is 18.0 Å². The van der Waals surface area contributed by atoms with E-state index < -0.39 is 30.7 Å². The predicted octanol–water partition coefficient (Wildman–Crippen LogP) is 1.88. The zero-order chi connectivity index (χ0) is 13.1. The van der Waals surface area contributed by atoms with Crippen molar-refractivity contribution in [3.8, 4) is 0 Å². The number of carbonyl (C=O) groups is 1. The van der Waals surface area contributed by atoms with E-state index >= 15 is 0 Å². The van der Waals surface area contributed by atoms with Crippen LogP contribution in [0.1, 0.15) is 15.9 Å². The average molecular weight is 283 g/mol. The van der Waals surface area contributed by atoms with Crippen LogP contribution in [0.15, 0.2) is 18.2 Å². The van der Waals surface area contributed by atoms with E-state index in [4.69, 9.17) is 5.73 Å². The van der Waals surface area contributed by atoms with E-state index in [2.05, 4.69) is 0 Å². The molecule has 0 heterocycles. The quantitative estimate of drug-likeness (QED) is 0.886. The van der Waals surface area contributed by atoms with Gasteiger partial charge in [0.15, 0.2) is 0 Å². The van der Waals surface area contributed by atoms with Gasteiger partial charge in [-0.25, -0.2) is 13.2 Å². The van der Waals surface area contributed by atoms with Gasteiger partial charge in [-0.05, 0) is 24.6 Å². The van der Waals surface area contributed by atoms with E-state index in [0.717, 1.165) is 6.07 Å². The summed E-state index contributed by atoms with van der Waals surface area (Å²) >= 11 is 0. The van der Waals surface area contributed by atoms with Gasteiger partial charge >= 0.3 is 0 Å². The summed E-state index contributed by atoms with van der Waals surface area (Å²) in [6.45, 7) is -0.122. The van der Waals surface area contributed by atoms with E-state index in [9.17, 15) is 18.0 Å². The second kappa shape index (κ2) is 6.61. The van der Waals surface area contributed by atoms with E-state index in [1.165, 1.54) is 12.1 Å². The van der Waals surface area contributed by atoms with E-state index in [0.29, 0.717) is 5.56 Å².